The molecule has 0 unspecified atom stereocenters. The van der Waals surface area contributed by atoms with E-state index >= 15 is 0 Å². The van der Waals surface area contributed by atoms with Crippen LogP contribution in [-0.4, -0.2) is 30.3 Å². The fourth-order valence-electron chi connectivity index (χ4n) is 1.48. The first-order valence-electron chi connectivity index (χ1n) is 6.08. The van der Waals surface area contributed by atoms with Crippen molar-refractivity contribution < 1.29 is 22.7 Å². The van der Waals surface area contributed by atoms with Gasteiger partial charge in [-0.15, -0.1) is 0 Å². The SMILES string of the molecule is NC(=S)c1cccc(CNC(=O)CCOCC(F)(F)F)c1. The van der Waals surface area contributed by atoms with Gasteiger partial charge in [0.05, 0.1) is 6.61 Å². The first-order chi connectivity index (χ1) is 9.78. The second-order valence-corrected chi connectivity index (χ2v) is 4.70. The molecule has 0 saturated carbocycles. The highest BCUT2D eigenvalue weighted by Crippen LogP contribution is 2.14. The van der Waals surface area contributed by atoms with Crippen molar-refractivity contribution in [1.29, 1.82) is 0 Å². The van der Waals surface area contributed by atoms with Crippen LogP contribution in [0, 0.1) is 0 Å². The van der Waals surface area contributed by atoms with Crippen LogP contribution in [0.2, 0.25) is 0 Å². The molecule has 3 N–H and O–H groups in total. The van der Waals surface area contributed by atoms with Gasteiger partial charge in [0, 0.05) is 18.5 Å². The summed E-state index contributed by atoms with van der Waals surface area (Å²) in [5.74, 6) is -0.391. The number of thiocarbonyl (C=S) groups is 1. The second kappa shape index (κ2) is 7.94. The first kappa shape index (κ1) is 17.4. The van der Waals surface area contributed by atoms with Crippen LogP contribution in [0.1, 0.15) is 17.5 Å². The number of rotatable bonds is 7. The third-order valence-corrected chi connectivity index (χ3v) is 2.68. The number of hydrogen-bond donors (Lipinski definition) is 2. The highest BCUT2D eigenvalue weighted by atomic mass is 32.1. The molecule has 1 amide bonds. The standard InChI is InChI=1S/C13H15F3N2O2S/c14-13(15,16)8-20-5-4-11(19)18-7-9-2-1-3-10(6-9)12(17)21/h1-3,6H,4-5,7-8H2,(H2,17,21)(H,18,19). The predicted octanol–water partition coefficient (Wildman–Crippen LogP) is 1.91. The van der Waals surface area contributed by atoms with Gasteiger partial charge >= 0.3 is 6.18 Å². The number of carbonyl (C=O) groups excluding carboxylic acids is 1. The molecule has 1 aromatic rings. The van der Waals surface area contributed by atoms with Crippen molar-refractivity contribution in [3.63, 3.8) is 0 Å². The van der Waals surface area contributed by atoms with E-state index in [0.717, 1.165) is 5.56 Å². The summed E-state index contributed by atoms with van der Waals surface area (Å²) in [7, 11) is 0. The Morgan fingerprint density at radius 2 is 2.10 bits per heavy atom. The zero-order chi connectivity index (χ0) is 15.9. The molecule has 0 atom stereocenters. The molecule has 0 radical (unpaired) electrons. The highest BCUT2D eigenvalue weighted by Gasteiger charge is 2.27. The van der Waals surface area contributed by atoms with Gasteiger partial charge in [0.15, 0.2) is 0 Å². The van der Waals surface area contributed by atoms with E-state index in [4.69, 9.17) is 18.0 Å². The first-order valence-corrected chi connectivity index (χ1v) is 6.49. The van der Waals surface area contributed by atoms with Gasteiger partial charge in [0.1, 0.15) is 11.6 Å². The number of ether oxygens (including phenoxy) is 1. The van der Waals surface area contributed by atoms with Gasteiger partial charge in [-0.3, -0.25) is 4.79 Å². The summed E-state index contributed by atoms with van der Waals surface area (Å²) >= 11 is 4.84. The van der Waals surface area contributed by atoms with Gasteiger partial charge < -0.3 is 15.8 Å². The van der Waals surface area contributed by atoms with Crippen LogP contribution in [0.5, 0.6) is 0 Å². The minimum atomic E-state index is -4.38. The van der Waals surface area contributed by atoms with Crippen molar-refractivity contribution >= 4 is 23.1 Å². The van der Waals surface area contributed by atoms with Crippen molar-refractivity contribution in [2.24, 2.45) is 5.73 Å². The molecule has 0 aliphatic carbocycles. The Labute approximate surface area is 125 Å². The molecule has 0 heterocycles. The van der Waals surface area contributed by atoms with Crippen molar-refractivity contribution in [2.45, 2.75) is 19.1 Å². The predicted molar refractivity (Wildman–Crippen MR) is 75.7 cm³/mol. The largest absolute Gasteiger partial charge is 0.411 e. The molecule has 0 aliphatic heterocycles. The monoisotopic (exact) mass is 320 g/mol. The Kier molecular flexibility index (Phi) is 6.57. The fourth-order valence-corrected chi connectivity index (χ4v) is 1.60. The Morgan fingerprint density at radius 1 is 1.38 bits per heavy atom. The number of hydrogen-bond acceptors (Lipinski definition) is 3. The number of nitrogens with one attached hydrogen (secondary N) is 1. The highest BCUT2D eigenvalue weighted by molar-refractivity contribution is 7.80. The molecular formula is C13H15F3N2O2S. The van der Waals surface area contributed by atoms with E-state index in [-0.39, 0.29) is 24.6 Å². The summed E-state index contributed by atoms with van der Waals surface area (Å²) in [5, 5.41) is 2.58. The lowest BCUT2D eigenvalue weighted by molar-refractivity contribution is -0.174. The van der Waals surface area contributed by atoms with Crippen molar-refractivity contribution in [2.75, 3.05) is 13.2 Å². The van der Waals surface area contributed by atoms with Crippen LogP contribution in [0.4, 0.5) is 13.2 Å². The lowest BCUT2D eigenvalue weighted by Crippen LogP contribution is -2.25. The number of benzene rings is 1. The van der Waals surface area contributed by atoms with Crippen molar-refractivity contribution in [3.8, 4) is 0 Å². The van der Waals surface area contributed by atoms with E-state index in [9.17, 15) is 18.0 Å². The smallest absolute Gasteiger partial charge is 0.389 e. The third kappa shape index (κ3) is 7.62. The molecule has 1 rings (SSSR count). The lowest BCUT2D eigenvalue weighted by atomic mass is 10.1. The molecule has 0 spiro atoms. The zero-order valence-electron chi connectivity index (χ0n) is 11.1. The number of nitrogens with two attached hydrogens (primary N) is 1. The molecule has 8 heteroatoms. The summed E-state index contributed by atoms with van der Waals surface area (Å²) in [4.78, 5) is 11.7. The van der Waals surface area contributed by atoms with Gasteiger partial charge in [0.25, 0.3) is 0 Å². The van der Waals surface area contributed by atoms with E-state index in [1.54, 1.807) is 24.3 Å². The van der Waals surface area contributed by atoms with Gasteiger partial charge in [-0.05, 0) is 11.6 Å². The molecule has 0 saturated heterocycles. The number of amides is 1. The summed E-state index contributed by atoms with van der Waals surface area (Å²) in [6, 6.07) is 7.02. The third-order valence-electron chi connectivity index (χ3n) is 2.44. The molecule has 0 aromatic heterocycles. The van der Waals surface area contributed by atoms with Gasteiger partial charge in [-0.2, -0.15) is 13.2 Å². The molecular weight excluding hydrogens is 305 g/mol. The Bertz CT molecular complexity index is 506. The van der Waals surface area contributed by atoms with E-state index in [0.29, 0.717) is 5.56 Å². The molecule has 4 nitrogen and oxygen atoms in total. The number of carbonyl (C=O) groups is 1. The van der Waals surface area contributed by atoms with Crippen molar-refractivity contribution in [1.82, 2.24) is 5.32 Å². The van der Waals surface area contributed by atoms with Gasteiger partial charge in [-0.1, -0.05) is 30.4 Å². The maximum absolute atomic E-state index is 11.8. The maximum Gasteiger partial charge on any atom is 0.411 e. The molecule has 0 fully saturated rings. The normalized spacial score (nSPS) is 11.2. The summed E-state index contributed by atoms with van der Waals surface area (Å²) in [6.07, 6.45) is -4.51. The lowest BCUT2D eigenvalue weighted by Gasteiger charge is -2.08. The van der Waals surface area contributed by atoms with E-state index in [1.807, 2.05) is 0 Å². The maximum atomic E-state index is 11.8. The van der Waals surface area contributed by atoms with E-state index in [1.165, 1.54) is 0 Å². The Morgan fingerprint density at radius 3 is 2.71 bits per heavy atom. The number of halogens is 3. The Hall–Kier alpha value is -1.67. The summed E-state index contributed by atoms with van der Waals surface area (Å²) in [6.45, 7) is -1.39. The number of alkyl halides is 3. The summed E-state index contributed by atoms with van der Waals surface area (Å²) in [5.41, 5.74) is 6.97. The molecule has 21 heavy (non-hydrogen) atoms. The molecule has 116 valence electrons. The van der Waals surface area contributed by atoms with E-state index in [2.05, 4.69) is 10.1 Å². The molecule has 0 aliphatic rings. The van der Waals surface area contributed by atoms with Crippen LogP contribution >= 0.6 is 12.2 Å². The Balaban J connectivity index is 2.30. The molecule has 0 bridgehead atoms. The minimum absolute atomic E-state index is 0.134. The zero-order valence-corrected chi connectivity index (χ0v) is 11.9. The topological polar surface area (TPSA) is 64.3 Å². The van der Waals surface area contributed by atoms with E-state index < -0.39 is 18.7 Å². The summed E-state index contributed by atoms with van der Waals surface area (Å²) < 4.78 is 39.8. The fraction of sp³-hybridized carbons (Fsp3) is 0.385. The van der Waals surface area contributed by atoms with Crippen molar-refractivity contribution in [3.05, 3.63) is 35.4 Å². The average Bonchev–Trinajstić information content (AvgIpc) is 2.40. The van der Waals surface area contributed by atoms with Crippen LogP contribution in [0.15, 0.2) is 24.3 Å². The van der Waals surface area contributed by atoms with Gasteiger partial charge in [-0.25, -0.2) is 0 Å². The quantitative estimate of drug-likeness (QED) is 0.595. The minimum Gasteiger partial charge on any atom is -0.389 e. The van der Waals surface area contributed by atoms with Crippen LogP contribution in [0.25, 0.3) is 0 Å². The van der Waals surface area contributed by atoms with Crippen LogP contribution < -0.4 is 11.1 Å². The van der Waals surface area contributed by atoms with Gasteiger partial charge in [0.2, 0.25) is 5.91 Å². The molecule has 1 aromatic carbocycles. The van der Waals surface area contributed by atoms with Crippen LogP contribution in [0.3, 0.4) is 0 Å². The van der Waals surface area contributed by atoms with Crippen LogP contribution in [-0.2, 0) is 16.1 Å². The second-order valence-electron chi connectivity index (χ2n) is 4.26. The average molecular weight is 320 g/mol.